The Kier molecular flexibility index (Phi) is 2.00. The molecule has 1 aliphatic rings. The Hall–Kier alpha value is -1.09. The maximum absolute atomic E-state index is 13.3. The Bertz CT molecular complexity index is 372. The molecule has 1 aromatic rings. The van der Waals surface area contributed by atoms with Crippen LogP contribution in [0.4, 0.5) is 4.39 Å². The Labute approximate surface area is 82.5 Å². The fourth-order valence-corrected chi connectivity index (χ4v) is 1.89. The number of hydrogen-bond acceptors (Lipinski definition) is 2. The molecular weight excluding hydrogens is 181 g/mol. The summed E-state index contributed by atoms with van der Waals surface area (Å²) in [5.41, 5.74) is 6.52. The summed E-state index contributed by atoms with van der Waals surface area (Å²) in [7, 11) is 0. The van der Waals surface area contributed by atoms with E-state index in [-0.39, 0.29) is 11.6 Å². The van der Waals surface area contributed by atoms with E-state index in [0.29, 0.717) is 11.1 Å². The van der Waals surface area contributed by atoms with Crippen molar-refractivity contribution in [2.24, 2.45) is 5.73 Å². The first-order valence-corrected chi connectivity index (χ1v) is 4.81. The smallest absolute Gasteiger partial charge is 0.126 e. The Morgan fingerprint density at radius 1 is 1.43 bits per heavy atom. The van der Waals surface area contributed by atoms with Crippen LogP contribution in [0.15, 0.2) is 12.1 Å². The van der Waals surface area contributed by atoms with E-state index < -0.39 is 5.54 Å². The molecule has 0 heterocycles. The molecule has 76 valence electrons. The summed E-state index contributed by atoms with van der Waals surface area (Å²) >= 11 is 0. The number of aromatic hydroxyl groups is 1. The van der Waals surface area contributed by atoms with E-state index in [1.165, 1.54) is 12.1 Å². The molecule has 0 radical (unpaired) electrons. The van der Waals surface area contributed by atoms with Gasteiger partial charge in [-0.2, -0.15) is 0 Å². The molecular formula is C11H14FNO. The van der Waals surface area contributed by atoms with Gasteiger partial charge < -0.3 is 10.8 Å². The van der Waals surface area contributed by atoms with Crippen molar-refractivity contribution in [3.63, 3.8) is 0 Å². The van der Waals surface area contributed by atoms with Gasteiger partial charge in [0, 0.05) is 11.1 Å². The lowest BCUT2D eigenvalue weighted by Gasteiger charge is -2.39. The molecule has 1 aliphatic carbocycles. The predicted molar refractivity (Wildman–Crippen MR) is 52.5 cm³/mol. The van der Waals surface area contributed by atoms with E-state index in [2.05, 4.69) is 0 Å². The van der Waals surface area contributed by atoms with Gasteiger partial charge >= 0.3 is 0 Å². The topological polar surface area (TPSA) is 46.2 Å². The van der Waals surface area contributed by atoms with Crippen LogP contribution in [0.5, 0.6) is 5.75 Å². The summed E-state index contributed by atoms with van der Waals surface area (Å²) in [6, 6.07) is 2.81. The van der Waals surface area contributed by atoms with Gasteiger partial charge in [0.25, 0.3) is 0 Å². The van der Waals surface area contributed by atoms with Crippen molar-refractivity contribution >= 4 is 0 Å². The zero-order valence-corrected chi connectivity index (χ0v) is 8.18. The minimum atomic E-state index is -0.501. The van der Waals surface area contributed by atoms with E-state index in [1.54, 1.807) is 6.92 Å². The third kappa shape index (κ3) is 1.28. The monoisotopic (exact) mass is 195 g/mol. The molecule has 0 spiro atoms. The van der Waals surface area contributed by atoms with Gasteiger partial charge in [-0.15, -0.1) is 0 Å². The average Bonchev–Trinajstić information content (AvgIpc) is 2.07. The summed E-state index contributed by atoms with van der Waals surface area (Å²) < 4.78 is 13.3. The lowest BCUT2D eigenvalue weighted by molar-refractivity contribution is 0.244. The third-order valence-electron chi connectivity index (χ3n) is 3.06. The highest BCUT2D eigenvalue weighted by atomic mass is 19.1. The zero-order valence-electron chi connectivity index (χ0n) is 8.18. The number of halogens is 1. The maximum Gasteiger partial charge on any atom is 0.126 e. The number of hydrogen-bond donors (Lipinski definition) is 2. The minimum absolute atomic E-state index is 0.117. The van der Waals surface area contributed by atoms with Crippen molar-refractivity contribution in [2.45, 2.75) is 31.7 Å². The second-order valence-corrected chi connectivity index (χ2v) is 4.13. The van der Waals surface area contributed by atoms with Crippen LogP contribution in [0.3, 0.4) is 0 Å². The average molecular weight is 195 g/mol. The molecule has 1 aromatic carbocycles. The highest BCUT2D eigenvalue weighted by Crippen LogP contribution is 2.42. The standard InChI is InChI=1S/C11H14FNO/c1-7-5-10(14)8(6-9(7)12)11(13)3-2-4-11/h5-6,14H,2-4,13H2,1H3. The summed E-state index contributed by atoms with van der Waals surface area (Å²) in [4.78, 5) is 0. The molecule has 1 saturated carbocycles. The van der Waals surface area contributed by atoms with Gasteiger partial charge in [-0.3, -0.25) is 0 Å². The van der Waals surface area contributed by atoms with E-state index in [4.69, 9.17) is 5.73 Å². The molecule has 0 amide bonds. The molecule has 14 heavy (non-hydrogen) atoms. The van der Waals surface area contributed by atoms with Crippen LogP contribution in [0.25, 0.3) is 0 Å². The summed E-state index contributed by atoms with van der Waals surface area (Å²) in [6.07, 6.45) is 2.69. The SMILES string of the molecule is Cc1cc(O)c(C2(N)CCC2)cc1F. The second kappa shape index (κ2) is 2.95. The highest BCUT2D eigenvalue weighted by molar-refractivity contribution is 5.42. The zero-order chi connectivity index (χ0) is 10.3. The molecule has 0 aromatic heterocycles. The first-order chi connectivity index (χ1) is 6.53. The van der Waals surface area contributed by atoms with Crippen LogP contribution in [0, 0.1) is 12.7 Å². The number of rotatable bonds is 1. The van der Waals surface area contributed by atoms with Gasteiger partial charge in [0.05, 0.1) is 0 Å². The van der Waals surface area contributed by atoms with Gasteiger partial charge in [-0.25, -0.2) is 4.39 Å². The van der Waals surface area contributed by atoms with Gasteiger partial charge in [-0.05, 0) is 43.9 Å². The number of aryl methyl sites for hydroxylation is 1. The van der Waals surface area contributed by atoms with Crippen LogP contribution in [0.2, 0.25) is 0 Å². The molecule has 0 saturated heterocycles. The van der Waals surface area contributed by atoms with Gasteiger partial charge in [-0.1, -0.05) is 0 Å². The van der Waals surface area contributed by atoms with Crippen LogP contribution in [-0.4, -0.2) is 5.11 Å². The largest absolute Gasteiger partial charge is 0.508 e. The van der Waals surface area contributed by atoms with Crippen LogP contribution in [-0.2, 0) is 5.54 Å². The fraction of sp³-hybridized carbons (Fsp3) is 0.455. The Balaban J connectivity index is 2.48. The van der Waals surface area contributed by atoms with Crippen molar-refractivity contribution in [3.05, 3.63) is 29.1 Å². The number of phenolic OH excluding ortho intramolecular Hbond substituents is 1. The Morgan fingerprint density at radius 3 is 2.57 bits per heavy atom. The molecule has 3 heteroatoms. The van der Waals surface area contributed by atoms with Crippen molar-refractivity contribution in [3.8, 4) is 5.75 Å². The third-order valence-corrected chi connectivity index (χ3v) is 3.06. The van der Waals surface area contributed by atoms with Crippen LogP contribution < -0.4 is 5.73 Å². The molecule has 2 nitrogen and oxygen atoms in total. The van der Waals surface area contributed by atoms with Gasteiger partial charge in [0.15, 0.2) is 0 Å². The molecule has 0 aliphatic heterocycles. The predicted octanol–water partition coefficient (Wildman–Crippen LogP) is 2.18. The molecule has 0 bridgehead atoms. The van der Waals surface area contributed by atoms with Crippen molar-refractivity contribution < 1.29 is 9.50 Å². The van der Waals surface area contributed by atoms with Crippen LogP contribution >= 0.6 is 0 Å². The Morgan fingerprint density at radius 2 is 2.07 bits per heavy atom. The summed E-state index contributed by atoms with van der Waals surface area (Å²) in [5, 5.41) is 9.67. The van der Waals surface area contributed by atoms with Crippen molar-refractivity contribution in [1.82, 2.24) is 0 Å². The normalized spacial score (nSPS) is 19.1. The highest BCUT2D eigenvalue weighted by Gasteiger charge is 2.36. The summed E-state index contributed by atoms with van der Waals surface area (Å²) in [5.74, 6) is -0.180. The lowest BCUT2D eigenvalue weighted by atomic mass is 9.72. The lowest BCUT2D eigenvalue weighted by Crippen LogP contribution is -2.43. The molecule has 3 N–H and O–H groups in total. The van der Waals surface area contributed by atoms with Crippen molar-refractivity contribution in [2.75, 3.05) is 0 Å². The molecule has 0 unspecified atom stereocenters. The molecule has 1 fully saturated rings. The number of phenols is 1. The number of nitrogens with two attached hydrogens (primary N) is 1. The minimum Gasteiger partial charge on any atom is -0.508 e. The molecule has 0 atom stereocenters. The van der Waals surface area contributed by atoms with E-state index in [1.807, 2.05) is 0 Å². The number of benzene rings is 1. The fourth-order valence-electron chi connectivity index (χ4n) is 1.89. The van der Waals surface area contributed by atoms with Gasteiger partial charge in [0.1, 0.15) is 11.6 Å². The second-order valence-electron chi connectivity index (χ2n) is 4.13. The molecule has 2 rings (SSSR count). The summed E-state index contributed by atoms with van der Waals surface area (Å²) in [6.45, 7) is 1.63. The van der Waals surface area contributed by atoms with Crippen molar-refractivity contribution in [1.29, 1.82) is 0 Å². The maximum atomic E-state index is 13.3. The van der Waals surface area contributed by atoms with E-state index in [9.17, 15) is 9.50 Å². The first kappa shape index (κ1) is 9.46. The van der Waals surface area contributed by atoms with E-state index >= 15 is 0 Å². The van der Waals surface area contributed by atoms with E-state index in [0.717, 1.165) is 19.3 Å². The quantitative estimate of drug-likeness (QED) is 0.721. The first-order valence-electron chi connectivity index (χ1n) is 4.81. The van der Waals surface area contributed by atoms with Gasteiger partial charge in [0.2, 0.25) is 0 Å². The van der Waals surface area contributed by atoms with Crippen LogP contribution in [0.1, 0.15) is 30.4 Å².